The lowest BCUT2D eigenvalue weighted by molar-refractivity contribution is -0.141. The van der Waals surface area contributed by atoms with Crippen LogP contribution in [0.1, 0.15) is 67.2 Å². The molecule has 0 aliphatic carbocycles. The van der Waals surface area contributed by atoms with E-state index in [1.165, 1.54) is 48.3 Å². The highest BCUT2D eigenvalue weighted by Gasteiger charge is 2.39. The minimum Gasteiger partial charge on any atom is -0.444 e. The van der Waals surface area contributed by atoms with E-state index in [-0.39, 0.29) is 63.0 Å². The summed E-state index contributed by atoms with van der Waals surface area (Å²) in [5.41, 5.74) is -0.948. The second kappa shape index (κ2) is 16.4. The van der Waals surface area contributed by atoms with Crippen molar-refractivity contribution in [3.05, 3.63) is 71.0 Å². The Morgan fingerprint density at radius 3 is 2.16 bits per heavy atom. The number of likely N-dealkylation sites (tertiary alicyclic amines) is 1. The highest BCUT2D eigenvalue weighted by atomic mass is 35.5. The summed E-state index contributed by atoms with van der Waals surface area (Å²) in [6, 6.07) is 7.58. The van der Waals surface area contributed by atoms with Gasteiger partial charge in [-0.05, 0) is 70.9 Å². The summed E-state index contributed by atoms with van der Waals surface area (Å²) < 4.78 is 50.2. The molecule has 3 aromatic heterocycles. The maximum absolute atomic E-state index is 14.2. The third kappa shape index (κ3) is 9.32. The lowest BCUT2D eigenvalue weighted by Crippen LogP contribution is -2.53. The minimum absolute atomic E-state index is 0.00280. The molecule has 4 aromatic rings. The first-order valence-electron chi connectivity index (χ1n) is 18.5. The Hall–Kier alpha value is -5.65. The molecule has 0 atom stereocenters. The fraction of sp³-hybridized carbons (Fsp3) is 0.447. The van der Waals surface area contributed by atoms with Crippen LogP contribution in [0.15, 0.2) is 48.9 Å². The van der Waals surface area contributed by atoms with Crippen LogP contribution in [-0.4, -0.2) is 114 Å². The lowest BCUT2D eigenvalue weighted by Gasteiger charge is -2.38. The highest BCUT2D eigenvalue weighted by Crippen LogP contribution is 2.37. The van der Waals surface area contributed by atoms with Gasteiger partial charge in [0.2, 0.25) is 5.91 Å². The molecule has 304 valence electrons. The molecule has 2 fully saturated rings. The van der Waals surface area contributed by atoms with E-state index in [0.29, 0.717) is 64.3 Å². The van der Waals surface area contributed by atoms with E-state index >= 15 is 0 Å². The summed E-state index contributed by atoms with van der Waals surface area (Å²) in [5, 5.41) is 9.56. The van der Waals surface area contributed by atoms with E-state index in [1.54, 1.807) is 20.8 Å². The summed E-state index contributed by atoms with van der Waals surface area (Å²) in [6.45, 7) is 10.1. The topological polar surface area (TPSA) is 160 Å². The Morgan fingerprint density at radius 2 is 1.56 bits per heavy atom. The molecule has 6 rings (SSSR count). The van der Waals surface area contributed by atoms with Gasteiger partial charge in [0.1, 0.15) is 5.60 Å². The molecule has 5 heterocycles. The molecule has 19 heteroatoms. The first-order chi connectivity index (χ1) is 26.9. The molecule has 4 amide bonds. The molecular formula is C38H44ClF3N10O5. The SMILES string of the molecule is CCNc1ccc(-n2cc(-c3cnc(C(=O)Nc4ccc(C(=O)N5CCN(C(=O)C6CCN(C(=O)OC(C)(C)C)CC6)CC5)c(Cl)c4)n3C)c(C(F)(F)F)n2)nc1. The Kier molecular flexibility index (Phi) is 11.8. The van der Waals surface area contributed by atoms with Crippen LogP contribution in [-0.2, 0) is 22.8 Å². The molecule has 2 aliphatic heterocycles. The number of amides is 4. The van der Waals surface area contributed by atoms with E-state index in [4.69, 9.17) is 16.3 Å². The summed E-state index contributed by atoms with van der Waals surface area (Å²) in [4.78, 5) is 65.8. The number of piperidine rings is 1. The van der Waals surface area contributed by atoms with E-state index in [0.717, 1.165) is 10.9 Å². The molecule has 0 unspecified atom stereocenters. The van der Waals surface area contributed by atoms with Gasteiger partial charge in [0, 0.05) is 70.7 Å². The standard InChI is InChI=1S/C38H44ClF3N10O5/c1-6-43-25-8-10-30(44-20-25)52-22-27(31(47-52)38(40,41)42)29-21-45-32(48(29)5)33(53)46-24-7-9-26(28(39)19-24)35(55)50-17-15-49(16-18-50)34(54)23-11-13-51(14-12-23)36(56)57-37(2,3)4/h7-10,19-23,43H,6,11-18H2,1-5H3,(H,46,53). The van der Waals surface area contributed by atoms with E-state index in [9.17, 15) is 32.3 Å². The van der Waals surface area contributed by atoms with Crippen molar-refractivity contribution >= 4 is 46.8 Å². The zero-order valence-electron chi connectivity index (χ0n) is 32.2. The van der Waals surface area contributed by atoms with Gasteiger partial charge in [-0.3, -0.25) is 14.4 Å². The normalized spacial score (nSPS) is 15.4. The summed E-state index contributed by atoms with van der Waals surface area (Å²) in [5.74, 6) is -1.30. The Morgan fingerprint density at radius 1 is 0.895 bits per heavy atom. The fourth-order valence-electron chi connectivity index (χ4n) is 6.74. The van der Waals surface area contributed by atoms with Crippen LogP contribution in [0.25, 0.3) is 17.1 Å². The number of aromatic nitrogens is 5. The quantitative estimate of drug-likeness (QED) is 0.219. The van der Waals surface area contributed by atoms with Crippen LogP contribution in [0, 0.1) is 5.92 Å². The monoisotopic (exact) mass is 812 g/mol. The third-order valence-electron chi connectivity index (χ3n) is 9.65. The molecule has 0 spiro atoms. The zero-order valence-corrected chi connectivity index (χ0v) is 32.9. The lowest BCUT2D eigenvalue weighted by atomic mass is 9.95. The number of pyridine rings is 1. The molecule has 2 aliphatic rings. The number of hydrogen-bond acceptors (Lipinski definition) is 9. The Bertz CT molecular complexity index is 2130. The number of hydrogen-bond donors (Lipinski definition) is 2. The summed E-state index contributed by atoms with van der Waals surface area (Å²) in [7, 11) is 1.41. The van der Waals surface area contributed by atoms with Gasteiger partial charge in [0.25, 0.3) is 11.8 Å². The largest absolute Gasteiger partial charge is 0.444 e. The number of ether oxygens (including phenoxy) is 1. The highest BCUT2D eigenvalue weighted by molar-refractivity contribution is 6.34. The van der Waals surface area contributed by atoms with Crippen molar-refractivity contribution in [2.75, 3.05) is 56.4 Å². The van der Waals surface area contributed by atoms with Crippen molar-refractivity contribution in [2.24, 2.45) is 13.0 Å². The number of piperazine rings is 1. The summed E-state index contributed by atoms with van der Waals surface area (Å²) >= 11 is 6.53. The third-order valence-corrected chi connectivity index (χ3v) is 9.96. The number of halogens is 4. The zero-order chi connectivity index (χ0) is 41.2. The Balaban J connectivity index is 1.06. The van der Waals surface area contributed by atoms with Gasteiger partial charge in [0.05, 0.1) is 39.9 Å². The second-order valence-electron chi connectivity index (χ2n) is 14.8. The molecule has 0 radical (unpaired) electrons. The van der Waals surface area contributed by atoms with Gasteiger partial charge in [-0.15, -0.1) is 0 Å². The number of nitrogens with zero attached hydrogens (tertiary/aromatic N) is 8. The van der Waals surface area contributed by atoms with Crippen molar-refractivity contribution in [1.82, 2.24) is 39.0 Å². The van der Waals surface area contributed by atoms with Gasteiger partial charge in [-0.25, -0.2) is 19.4 Å². The molecule has 0 bridgehead atoms. The number of imidazole rings is 1. The number of carbonyl (C=O) groups is 4. The van der Waals surface area contributed by atoms with Crippen LogP contribution in [0.5, 0.6) is 0 Å². The predicted molar refractivity (Wildman–Crippen MR) is 205 cm³/mol. The van der Waals surface area contributed by atoms with E-state index in [2.05, 4.69) is 25.7 Å². The van der Waals surface area contributed by atoms with Gasteiger partial charge in [-0.1, -0.05) is 11.6 Å². The average molecular weight is 813 g/mol. The molecule has 2 saturated heterocycles. The predicted octanol–water partition coefficient (Wildman–Crippen LogP) is 5.96. The van der Waals surface area contributed by atoms with Crippen molar-refractivity contribution < 1.29 is 37.1 Å². The van der Waals surface area contributed by atoms with Crippen LogP contribution in [0.3, 0.4) is 0 Å². The van der Waals surface area contributed by atoms with Crippen LogP contribution < -0.4 is 10.6 Å². The maximum Gasteiger partial charge on any atom is 0.435 e. The van der Waals surface area contributed by atoms with Gasteiger partial charge in [0.15, 0.2) is 17.3 Å². The van der Waals surface area contributed by atoms with Crippen LogP contribution in [0.2, 0.25) is 5.02 Å². The number of alkyl halides is 3. The van der Waals surface area contributed by atoms with Crippen molar-refractivity contribution in [1.29, 1.82) is 0 Å². The number of anilines is 2. The van der Waals surface area contributed by atoms with Crippen molar-refractivity contribution in [3.63, 3.8) is 0 Å². The first kappa shape index (κ1) is 41.0. The van der Waals surface area contributed by atoms with Gasteiger partial charge in [-0.2, -0.15) is 18.3 Å². The van der Waals surface area contributed by atoms with Crippen LogP contribution in [0.4, 0.5) is 29.3 Å². The minimum atomic E-state index is -4.82. The molecule has 57 heavy (non-hydrogen) atoms. The van der Waals surface area contributed by atoms with Crippen molar-refractivity contribution in [2.45, 2.75) is 52.3 Å². The number of nitrogens with one attached hydrogen (secondary N) is 2. The average Bonchev–Trinajstić information content (AvgIpc) is 3.78. The second-order valence-corrected chi connectivity index (χ2v) is 15.2. The van der Waals surface area contributed by atoms with Gasteiger partial charge < -0.3 is 34.6 Å². The van der Waals surface area contributed by atoms with E-state index < -0.39 is 23.4 Å². The Labute approximate surface area is 332 Å². The molecule has 2 N–H and O–H groups in total. The number of benzene rings is 1. The smallest absolute Gasteiger partial charge is 0.435 e. The molecule has 0 saturated carbocycles. The number of carbonyl (C=O) groups excluding carboxylic acids is 4. The molecule has 15 nitrogen and oxygen atoms in total. The maximum atomic E-state index is 14.2. The summed E-state index contributed by atoms with van der Waals surface area (Å²) in [6.07, 6.45) is -0.304. The number of rotatable bonds is 8. The van der Waals surface area contributed by atoms with Crippen LogP contribution >= 0.6 is 11.6 Å². The fourth-order valence-corrected chi connectivity index (χ4v) is 7.00. The van der Waals surface area contributed by atoms with E-state index in [1.807, 2.05) is 27.7 Å². The van der Waals surface area contributed by atoms with Gasteiger partial charge >= 0.3 is 12.3 Å². The molecule has 1 aromatic carbocycles. The molecular weight excluding hydrogens is 769 g/mol. The van der Waals surface area contributed by atoms with Crippen molar-refractivity contribution in [3.8, 4) is 17.1 Å². The first-order valence-corrected chi connectivity index (χ1v) is 18.9.